The fourth-order valence-electron chi connectivity index (χ4n) is 2.72. The molecule has 8 heteroatoms. The van der Waals surface area contributed by atoms with Crippen LogP contribution in [0.5, 0.6) is 5.75 Å². The summed E-state index contributed by atoms with van der Waals surface area (Å²) in [5.41, 5.74) is 1.26. The zero-order valence-electron chi connectivity index (χ0n) is 17.8. The normalized spacial score (nSPS) is 12.4. The Morgan fingerprint density at radius 3 is 2.26 bits per heavy atom. The molecule has 0 fully saturated rings. The second-order valence-corrected chi connectivity index (χ2v) is 7.51. The highest BCUT2D eigenvalue weighted by molar-refractivity contribution is 6.30. The fourth-order valence-corrected chi connectivity index (χ4v) is 2.84. The van der Waals surface area contributed by atoms with Crippen LogP contribution in [0.2, 0.25) is 5.02 Å². The zero-order chi connectivity index (χ0) is 22.8. The molecule has 2 atom stereocenters. The van der Waals surface area contributed by atoms with Gasteiger partial charge in [0.1, 0.15) is 11.8 Å². The molecule has 0 radical (unpaired) electrons. The molecular formula is C23H27ClN2O5. The van der Waals surface area contributed by atoms with E-state index in [1.165, 1.54) is 0 Å². The SMILES string of the molecule is CC[C@H](C)[C@H](NC(=O)c1ccc(Cl)cc1)C(=O)OCC(=O)NCc1ccc(OC)cc1. The first-order chi connectivity index (χ1) is 14.8. The molecule has 2 aromatic rings. The third kappa shape index (κ3) is 7.61. The van der Waals surface area contributed by atoms with E-state index in [-0.39, 0.29) is 5.92 Å². The molecule has 0 aliphatic carbocycles. The molecule has 0 unspecified atom stereocenters. The van der Waals surface area contributed by atoms with E-state index in [9.17, 15) is 14.4 Å². The van der Waals surface area contributed by atoms with Crippen molar-refractivity contribution in [3.63, 3.8) is 0 Å². The van der Waals surface area contributed by atoms with E-state index in [0.717, 1.165) is 11.3 Å². The van der Waals surface area contributed by atoms with E-state index >= 15 is 0 Å². The standard InChI is InChI=1S/C23H27ClN2O5/c1-4-15(2)21(26-22(28)17-7-9-18(24)10-8-17)23(29)31-14-20(27)25-13-16-5-11-19(30-3)12-6-16/h5-12,15,21H,4,13-14H2,1-3H3,(H,25,27)(H,26,28)/t15-,21-/m0/s1. The number of methoxy groups -OCH3 is 1. The van der Waals surface area contributed by atoms with Crippen LogP contribution in [-0.2, 0) is 20.9 Å². The summed E-state index contributed by atoms with van der Waals surface area (Å²) in [6.45, 7) is 3.60. The van der Waals surface area contributed by atoms with Crippen LogP contribution in [0, 0.1) is 5.92 Å². The molecular weight excluding hydrogens is 420 g/mol. The van der Waals surface area contributed by atoms with Gasteiger partial charge in [-0.15, -0.1) is 0 Å². The van der Waals surface area contributed by atoms with E-state index in [0.29, 0.717) is 23.6 Å². The highest BCUT2D eigenvalue weighted by Gasteiger charge is 2.28. The van der Waals surface area contributed by atoms with Gasteiger partial charge in [0, 0.05) is 17.1 Å². The maximum absolute atomic E-state index is 12.6. The van der Waals surface area contributed by atoms with Crippen LogP contribution >= 0.6 is 11.6 Å². The Kier molecular flexibility index (Phi) is 9.34. The van der Waals surface area contributed by atoms with E-state index in [4.69, 9.17) is 21.1 Å². The third-order valence-electron chi connectivity index (χ3n) is 4.85. The summed E-state index contributed by atoms with van der Waals surface area (Å²) in [4.78, 5) is 37.1. The minimum absolute atomic E-state index is 0.175. The van der Waals surface area contributed by atoms with Crippen molar-refractivity contribution in [1.82, 2.24) is 10.6 Å². The summed E-state index contributed by atoms with van der Waals surface area (Å²) < 4.78 is 10.3. The summed E-state index contributed by atoms with van der Waals surface area (Å²) in [6, 6.07) is 12.7. The van der Waals surface area contributed by atoms with Gasteiger partial charge in [-0.3, -0.25) is 9.59 Å². The number of nitrogens with one attached hydrogen (secondary N) is 2. The smallest absolute Gasteiger partial charge is 0.329 e. The predicted octanol–water partition coefficient (Wildman–Crippen LogP) is 3.35. The molecule has 0 aliphatic heterocycles. The Balaban J connectivity index is 1.88. The Bertz CT molecular complexity index is 884. The van der Waals surface area contributed by atoms with Gasteiger partial charge in [-0.05, 0) is 47.9 Å². The van der Waals surface area contributed by atoms with E-state index in [2.05, 4.69) is 10.6 Å². The first-order valence-electron chi connectivity index (χ1n) is 9.96. The van der Waals surface area contributed by atoms with E-state index < -0.39 is 30.4 Å². The monoisotopic (exact) mass is 446 g/mol. The number of benzene rings is 2. The second kappa shape index (κ2) is 12.0. The number of hydrogen-bond acceptors (Lipinski definition) is 5. The molecule has 0 bridgehead atoms. The average Bonchev–Trinajstić information content (AvgIpc) is 2.79. The van der Waals surface area contributed by atoms with Crippen LogP contribution in [0.15, 0.2) is 48.5 Å². The molecule has 0 saturated carbocycles. The van der Waals surface area contributed by atoms with Gasteiger partial charge in [0.05, 0.1) is 7.11 Å². The van der Waals surface area contributed by atoms with Crippen molar-refractivity contribution in [1.29, 1.82) is 0 Å². The van der Waals surface area contributed by atoms with Crippen LogP contribution in [0.3, 0.4) is 0 Å². The molecule has 0 spiro atoms. The summed E-state index contributed by atoms with van der Waals surface area (Å²) in [7, 11) is 1.58. The Hall–Kier alpha value is -3.06. The topological polar surface area (TPSA) is 93.7 Å². The Morgan fingerprint density at radius 2 is 1.68 bits per heavy atom. The van der Waals surface area contributed by atoms with Gasteiger partial charge in [-0.2, -0.15) is 0 Å². The summed E-state index contributed by atoms with van der Waals surface area (Å²) in [6.07, 6.45) is 0.643. The highest BCUT2D eigenvalue weighted by Crippen LogP contribution is 2.13. The van der Waals surface area contributed by atoms with Crippen molar-refractivity contribution in [2.45, 2.75) is 32.9 Å². The van der Waals surface area contributed by atoms with Crippen molar-refractivity contribution in [3.8, 4) is 5.75 Å². The number of esters is 1. The summed E-state index contributed by atoms with van der Waals surface area (Å²) in [5, 5.41) is 5.89. The Labute approximate surface area is 187 Å². The number of amides is 2. The van der Waals surface area contributed by atoms with Gasteiger partial charge in [0.2, 0.25) is 0 Å². The molecule has 31 heavy (non-hydrogen) atoms. The lowest BCUT2D eigenvalue weighted by atomic mass is 9.99. The van der Waals surface area contributed by atoms with Crippen molar-refractivity contribution < 1.29 is 23.9 Å². The number of ether oxygens (including phenoxy) is 2. The molecule has 0 aromatic heterocycles. The van der Waals surface area contributed by atoms with Crippen molar-refractivity contribution in [2.24, 2.45) is 5.92 Å². The first-order valence-corrected chi connectivity index (χ1v) is 10.3. The molecule has 0 saturated heterocycles. The van der Waals surface area contributed by atoms with Crippen LogP contribution < -0.4 is 15.4 Å². The highest BCUT2D eigenvalue weighted by atomic mass is 35.5. The molecule has 0 heterocycles. The summed E-state index contributed by atoms with van der Waals surface area (Å²) in [5.74, 6) is -0.956. The van der Waals surface area contributed by atoms with Gasteiger partial charge < -0.3 is 20.1 Å². The van der Waals surface area contributed by atoms with Crippen LogP contribution in [0.4, 0.5) is 0 Å². The van der Waals surface area contributed by atoms with Gasteiger partial charge >= 0.3 is 5.97 Å². The van der Waals surface area contributed by atoms with Crippen molar-refractivity contribution >= 4 is 29.4 Å². The molecule has 166 valence electrons. The number of carbonyl (C=O) groups is 3. The van der Waals surface area contributed by atoms with Crippen molar-refractivity contribution in [2.75, 3.05) is 13.7 Å². The third-order valence-corrected chi connectivity index (χ3v) is 5.11. The molecule has 2 amide bonds. The molecule has 0 aliphatic rings. The number of carbonyl (C=O) groups excluding carboxylic acids is 3. The molecule has 7 nitrogen and oxygen atoms in total. The van der Waals surface area contributed by atoms with Crippen LogP contribution in [-0.4, -0.2) is 37.5 Å². The van der Waals surface area contributed by atoms with Gasteiger partial charge in [0.25, 0.3) is 11.8 Å². The lowest BCUT2D eigenvalue weighted by molar-refractivity contribution is -0.151. The predicted molar refractivity (Wildman–Crippen MR) is 118 cm³/mol. The molecule has 2 rings (SSSR count). The molecule has 2 N–H and O–H groups in total. The largest absolute Gasteiger partial charge is 0.497 e. The van der Waals surface area contributed by atoms with Crippen molar-refractivity contribution in [3.05, 3.63) is 64.7 Å². The second-order valence-electron chi connectivity index (χ2n) is 7.08. The fraction of sp³-hybridized carbons (Fsp3) is 0.348. The number of rotatable bonds is 10. The van der Waals surface area contributed by atoms with E-state index in [1.54, 1.807) is 43.5 Å². The minimum atomic E-state index is -0.873. The summed E-state index contributed by atoms with van der Waals surface area (Å²) >= 11 is 5.85. The lowest BCUT2D eigenvalue weighted by Gasteiger charge is -2.22. The van der Waals surface area contributed by atoms with Crippen LogP contribution in [0.25, 0.3) is 0 Å². The lowest BCUT2D eigenvalue weighted by Crippen LogP contribution is -2.46. The average molecular weight is 447 g/mol. The number of hydrogen-bond donors (Lipinski definition) is 2. The van der Waals surface area contributed by atoms with Crippen LogP contribution in [0.1, 0.15) is 36.2 Å². The maximum atomic E-state index is 12.6. The van der Waals surface area contributed by atoms with Gasteiger partial charge in [0.15, 0.2) is 6.61 Å². The maximum Gasteiger partial charge on any atom is 0.329 e. The number of halogens is 1. The minimum Gasteiger partial charge on any atom is -0.497 e. The van der Waals surface area contributed by atoms with Gasteiger partial charge in [-0.25, -0.2) is 4.79 Å². The van der Waals surface area contributed by atoms with E-state index in [1.807, 2.05) is 26.0 Å². The Morgan fingerprint density at radius 1 is 1.03 bits per heavy atom. The van der Waals surface area contributed by atoms with Gasteiger partial charge in [-0.1, -0.05) is 44.0 Å². The quantitative estimate of drug-likeness (QED) is 0.546. The zero-order valence-corrected chi connectivity index (χ0v) is 18.6. The molecule has 2 aromatic carbocycles. The first kappa shape index (κ1) is 24.2.